The van der Waals surface area contributed by atoms with Crippen molar-refractivity contribution >= 4 is 33.2 Å². The Balaban J connectivity index is 1.67. The molecule has 0 bridgehead atoms. The molecule has 2 N–H and O–H groups in total. The number of carbonyl (C=O) groups excluding carboxylic acids is 2. The van der Waals surface area contributed by atoms with Crippen LogP contribution in [0.5, 0.6) is 0 Å². The second kappa shape index (κ2) is 10.9. The summed E-state index contributed by atoms with van der Waals surface area (Å²) in [6, 6.07) is 13.0. The molecular formula is C25H33N3O4S. The lowest BCUT2D eigenvalue weighted by atomic mass is 9.96. The summed E-state index contributed by atoms with van der Waals surface area (Å²) in [4.78, 5) is 24.8. The molecule has 7 nitrogen and oxygen atoms in total. The van der Waals surface area contributed by atoms with Gasteiger partial charge in [-0.25, -0.2) is 8.42 Å². The normalized spacial score (nSPS) is 14.9. The maximum Gasteiger partial charge on any atom is 0.255 e. The molecule has 0 saturated heterocycles. The van der Waals surface area contributed by atoms with E-state index in [4.69, 9.17) is 0 Å². The number of hydrogen-bond donors (Lipinski definition) is 2. The first-order chi connectivity index (χ1) is 15.7. The van der Waals surface area contributed by atoms with E-state index in [1.54, 1.807) is 43.4 Å². The van der Waals surface area contributed by atoms with Gasteiger partial charge in [0, 0.05) is 36.4 Å². The Bertz CT molecular complexity index is 1080. The van der Waals surface area contributed by atoms with Gasteiger partial charge in [-0.2, -0.15) is 4.31 Å². The van der Waals surface area contributed by atoms with Crippen LogP contribution in [-0.4, -0.2) is 37.6 Å². The summed E-state index contributed by atoms with van der Waals surface area (Å²) in [5.74, 6) is -0.187. The fraction of sp³-hybridized carbons (Fsp3) is 0.440. The fourth-order valence-corrected chi connectivity index (χ4v) is 5.49. The molecule has 1 fully saturated rings. The van der Waals surface area contributed by atoms with E-state index >= 15 is 0 Å². The summed E-state index contributed by atoms with van der Waals surface area (Å²) in [5.41, 5.74) is 1.47. The second-order valence-electron chi connectivity index (χ2n) is 9.02. The quantitative estimate of drug-likeness (QED) is 0.574. The molecule has 2 aromatic carbocycles. The van der Waals surface area contributed by atoms with Gasteiger partial charge in [-0.15, -0.1) is 0 Å². The van der Waals surface area contributed by atoms with Crippen LogP contribution in [0, 0.1) is 5.92 Å². The predicted octanol–water partition coefficient (Wildman–Crippen LogP) is 4.88. The first-order valence-electron chi connectivity index (χ1n) is 11.5. The number of nitrogens with one attached hydrogen (secondary N) is 2. The summed E-state index contributed by atoms with van der Waals surface area (Å²) in [7, 11) is -2.06. The molecule has 2 amide bonds. The average Bonchev–Trinajstić information content (AvgIpc) is 2.80. The molecule has 0 atom stereocenters. The smallest absolute Gasteiger partial charge is 0.255 e. The molecule has 0 unspecified atom stereocenters. The number of amides is 2. The fourth-order valence-electron chi connectivity index (χ4n) is 4.03. The Labute approximate surface area is 196 Å². The van der Waals surface area contributed by atoms with E-state index in [0.717, 1.165) is 32.1 Å². The average molecular weight is 472 g/mol. The lowest BCUT2D eigenvalue weighted by Crippen LogP contribution is -2.38. The maximum absolute atomic E-state index is 13.1. The van der Waals surface area contributed by atoms with Crippen molar-refractivity contribution in [2.24, 2.45) is 5.92 Å². The van der Waals surface area contributed by atoms with Crippen molar-refractivity contribution in [3.63, 3.8) is 0 Å². The number of rotatable bonds is 8. The molecule has 33 heavy (non-hydrogen) atoms. The van der Waals surface area contributed by atoms with E-state index in [1.165, 1.54) is 16.4 Å². The van der Waals surface area contributed by atoms with E-state index in [0.29, 0.717) is 17.8 Å². The maximum atomic E-state index is 13.1. The first-order valence-corrected chi connectivity index (χ1v) is 12.9. The second-order valence-corrected chi connectivity index (χ2v) is 11.0. The third kappa shape index (κ3) is 6.65. The summed E-state index contributed by atoms with van der Waals surface area (Å²) >= 11 is 0. The van der Waals surface area contributed by atoms with Crippen molar-refractivity contribution in [2.75, 3.05) is 17.7 Å². The van der Waals surface area contributed by atoms with E-state index in [-0.39, 0.29) is 28.3 Å². The van der Waals surface area contributed by atoms with Gasteiger partial charge in [0.25, 0.3) is 5.91 Å². The van der Waals surface area contributed by atoms with Gasteiger partial charge >= 0.3 is 0 Å². The van der Waals surface area contributed by atoms with Crippen LogP contribution in [0.2, 0.25) is 0 Å². The van der Waals surface area contributed by atoms with Crippen LogP contribution in [0.25, 0.3) is 0 Å². The summed E-state index contributed by atoms with van der Waals surface area (Å²) in [5, 5.41) is 5.61. The lowest BCUT2D eigenvalue weighted by Gasteiger charge is -2.30. The van der Waals surface area contributed by atoms with Gasteiger partial charge in [0.05, 0.1) is 4.90 Å². The van der Waals surface area contributed by atoms with Crippen molar-refractivity contribution in [1.29, 1.82) is 0 Å². The van der Waals surface area contributed by atoms with Crippen LogP contribution < -0.4 is 10.6 Å². The van der Waals surface area contributed by atoms with Crippen LogP contribution in [0.3, 0.4) is 0 Å². The zero-order chi connectivity index (χ0) is 24.0. The van der Waals surface area contributed by atoms with Crippen LogP contribution >= 0.6 is 0 Å². The molecule has 1 aliphatic carbocycles. The zero-order valence-electron chi connectivity index (χ0n) is 19.5. The molecule has 0 radical (unpaired) electrons. The number of benzene rings is 2. The Morgan fingerprint density at radius 3 is 2.18 bits per heavy atom. The number of carbonyl (C=O) groups is 2. The molecule has 2 aromatic rings. The number of sulfonamides is 1. The number of anilines is 2. The molecule has 3 rings (SSSR count). The van der Waals surface area contributed by atoms with Gasteiger partial charge < -0.3 is 10.6 Å². The highest BCUT2D eigenvalue weighted by molar-refractivity contribution is 7.89. The number of nitrogens with zero attached hydrogens (tertiary/aromatic N) is 1. The van der Waals surface area contributed by atoms with Gasteiger partial charge in [-0.05, 0) is 61.2 Å². The Hall–Kier alpha value is -2.71. The largest absolute Gasteiger partial charge is 0.326 e. The van der Waals surface area contributed by atoms with E-state index in [9.17, 15) is 18.0 Å². The van der Waals surface area contributed by atoms with Crippen molar-refractivity contribution in [2.45, 2.75) is 63.3 Å². The van der Waals surface area contributed by atoms with Crippen molar-refractivity contribution in [3.05, 3.63) is 54.1 Å². The topological polar surface area (TPSA) is 95.6 Å². The molecule has 0 aliphatic heterocycles. The minimum atomic E-state index is -3.68. The lowest BCUT2D eigenvalue weighted by molar-refractivity contribution is -0.116. The Morgan fingerprint density at radius 1 is 0.970 bits per heavy atom. The predicted molar refractivity (Wildman–Crippen MR) is 131 cm³/mol. The van der Waals surface area contributed by atoms with Gasteiger partial charge in [0.1, 0.15) is 0 Å². The third-order valence-electron chi connectivity index (χ3n) is 5.88. The Kier molecular flexibility index (Phi) is 8.26. The minimum Gasteiger partial charge on any atom is -0.326 e. The van der Waals surface area contributed by atoms with E-state index < -0.39 is 15.9 Å². The summed E-state index contributed by atoms with van der Waals surface area (Å²) in [6.07, 6.45) is 5.38. The molecular weight excluding hydrogens is 438 g/mol. The van der Waals surface area contributed by atoms with Gasteiger partial charge in [-0.3, -0.25) is 9.59 Å². The molecule has 178 valence electrons. The highest BCUT2D eigenvalue weighted by Gasteiger charge is 2.29. The highest BCUT2D eigenvalue weighted by Crippen LogP contribution is 2.27. The highest BCUT2D eigenvalue weighted by atomic mass is 32.2. The Morgan fingerprint density at radius 2 is 1.58 bits per heavy atom. The van der Waals surface area contributed by atoms with Gasteiger partial charge in [0.15, 0.2) is 0 Å². The zero-order valence-corrected chi connectivity index (χ0v) is 20.3. The standard InChI is InChI=1S/C25H33N3O4S/c1-18(2)16-24(29)26-20-12-14-21(15-13-20)27-25(30)19-8-7-11-23(17-19)33(31,32)28(3)22-9-5-4-6-10-22/h7-8,11-15,17-18,22H,4-6,9-10,16H2,1-3H3,(H,26,29)(H,27,30). The van der Waals surface area contributed by atoms with Crippen molar-refractivity contribution < 1.29 is 18.0 Å². The molecule has 1 aliphatic rings. The summed E-state index contributed by atoms with van der Waals surface area (Å²) < 4.78 is 27.7. The van der Waals surface area contributed by atoms with Crippen molar-refractivity contribution in [1.82, 2.24) is 4.31 Å². The van der Waals surface area contributed by atoms with Gasteiger partial charge in [0.2, 0.25) is 15.9 Å². The van der Waals surface area contributed by atoms with E-state index in [1.807, 2.05) is 13.8 Å². The number of hydrogen-bond acceptors (Lipinski definition) is 4. The molecule has 0 heterocycles. The van der Waals surface area contributed by atoms with Crippen LogP contribution in [0.4, 0.5) is 11.4 Å². The first kappa shape index (κ1) is 24.9. The van der Waals surface area contributed by atoms with E-state index in [2.05, 4.69) is 10.6 Å². The van der Waals surface area contributed by atoms with Gasteiger partial charge in [-0.1, -0.05) is 39.2 Å². The molecule has 0 spiro atoms. The van der Waals surface area contributed by atoms with Crippen molar-refractivity contribution in [3.8, 4) is 0 Å². The minimum absolute atomic E-state index is 0.000719. The SMILES string of the molecule is CC(C)CC(=O)Nc1ccc(NC(=O)c2cccc(S(=O)(=O)N(C)C3CCCCC3)c2)cc1. The van der Waals surface area contributed by atoms with Crippen LogP contribution in [0.1, 0.15) is 62.7 Å². The summed E-state index contributed by atoms with van der Waals surface area (Å²) in [6.45, 7) is 3.96. The molecule has 0 aromatic heterocycles. The third-order valence-corrected chi connectivity index (χ3v) is 7.79. The molecule has 8 heteroatoms. The molecule has 1 saturated carbocycles. The van der Waals surface area contributed by atoms with Crippen LogP contribution in [0.15, 0.2) is 53.4 Å². The monoisotopic (exact) mass is 471 g/mol. The van der Waals surface area contributed by atoms with Crippen LogP contribution in [-0.2, 0) is 14.8 Å².